The quantitative estimate of drug-likeness (QED) is 0.778. The Morgan fingerprint density at radius 3 is 2.38 bits per heavy atom. The molecule has 1 N–H and O–H groups in total. The van der Waals surface area contributed by atoms with Crippen molar-refractivity contribution in [3.05, 3.63) is 0 Å². The molecule has 0 aromatic rings. The minimum Gasteiger partial charge on any atom is -0.378 e. The average Bonchev–Trinajstić information content (AvgIpc) is 2.13. The van der Waals surface area contributed by atoms with E-state index in [1.54, 1.807) is 0 Å². The van der Waals surface area contributed by atoms with Gasteiger partial charge in [-0.3, -0.25) is 0 Å². The van der Waals surface area contributed by atoms with Crippen LogP contribution in [0.1, 0.15) is 54.4 Å². The van der Waals surface area contributed by atoms with Gasteiger partial charge in [0.2, 0.25) is 0 Å². The maximum Gasteiger partial charge on any atom is 0.0655 e. The topological polar surface area (TPSA) is 21.3 Å². The van der Waals surface area contributed by atoms with E-state index < -0.39 is 0 Å². The van der Waals surface area contributed by atoms with Gasteiger partial charge in [-0.25, -0.2) is 0 Å². The molecule has 0 saturated heterocycles. The second-order valence-corrected chi connectivity index (χ2v) is 6.84. The number of nitrogens with one attached hydrogen (secondary N) is 1. The number of hydrogen-bond donors (Lipinski definition) is 1. The monoisotopic (exact) mass is 227 g/mol. The fourth-order valence-corrected chi connectivity index (χ4v) is 2.27. The number of ether oxygens (including phenoxy) is 1. The fraction of sp³-hybridized carbons (Fsp3) is 1.00. The standard InChI is InChI=1S/C14H29NO/c1-7-15-11-10-12(14(11,5)6)16-9-8-13(2,3)4/h11-12,15H,7-10H2,1-6H3. The highest BCUT2D eigenvalue weighted by atomic mass is 16.5. The third kappa shape index (κ3) is 3.46. The summed E-state index contributed by atoms with van der Waals surface area (Å²) >= 11 is 0. The number of hydrogen-bond acceptors (Lipinski definition) is 2. The van der Waals surface area contributed by atoms with Crippen molar-refractivity contribution in [2.45, 2.75) is 66.5 Å². The Bertz CT molecular complexity index is 217. The average molecular weight is 227 g/mol. The molecule has 0 heterocycles. The van der Waals surface area contributed by atoms with Crippen LogP contribution in [0.2, 0.25) is 0 Å². The first-order valence-corrected chi connectivity index (χ1v) is 6.62. The van der Waals surface area contributed by atoms with Gasteiger partial charge in [0.1, 0.15) is 0 Å². The maximum atomic E-state index is 6.01. The molecular weight excluding hydrogens is 198 g/mol. The SMILES string of the molecule is CCNC1CC(OCCC(C)(C)C)C1(C)C. The van der Waals surface area contributed by atoms with Gasteiger partial charge in [0.25, 0.3) is 0 Å². The highest BCUT2D eigenvalue weighted by molar-refractivity contribution is 5.02. The lowest BCUT2D eigenvalue weighted by Gasteiger charge is -2.52. The zero-order chi connectivity index (χ0) is 12.4. The van der Waals surface area contributed by atoms with Gasteiger partial charge in [0.05, 0.1) is 6.10 Å². The van der Waals surface area contributed by atoms with Crippen LogP contribution in [0.3, 0.4) is 0 Å². The van der Waals surface area contributed by atoms with E-state index in [2.05, 4.69) is 46.9 Å². The first kappa shape index (κ1) is 14.0. The Labute approximate surface area is 101 Å². The first-order chi connectivity index (χ1) is 7.27. The molecule has 2 nitrogen and oxygen atoms in total. The Hall–Kier alpha value is -0.0800. The van der Waals surface area contributed by atoms with E-state index in [1.807, 2.05) is 0 Å². The molecule has 1 aliphatic rings. The zero-order valence-corrected chi connectivity index (χ0v) is 11.9. The Morgan fingerprint density at radius 1 is 1.31 bits per heavy atom. The molecular formula is C14H29NO. The van der Waals surface area contributed by atoms with Crippen molar-refractivity contribution in [3.8, 4) is 0 Å². The molecule has 0 amide bonds. The molecule has 96 valence electrons. The third-order valence-corrected chi connectivity index (χ3v) is 3.80. The molecule has 0 aromatic heterocycles. The Kier molecular flexibility index (Phi) is 4.42. The summed E-state index contributed by atoms with van der Waals surface area (Å²) < 4.78 is 6.01. The molecule has 2 atom stereocenters. The van der Waals surface area contributed by atoms with Gasteiger partial charge in [-0.05, 0) is 24.8 Å². The van der Waals surface area contributed by atoms with Crippen molar-refractivity contribution in [1.29, 1.82) is 0 Å². The molecule has 1 saturated carbocycles. The normalized spacial score (nSPS) is 28.9. The predicted molar refractivity (Wildman–Crippen MR) is 69.7 cm³/mol. The summed E-state index contributed by atoms with van der Waals surface area (Å²) in [5.74, 6) is 0. The molecule has 0 spiro atoms. The van der Waals surface area contributed by atoms with Crippen LogP contribution in [0.15, 0.2) is 0 Å². The smallest absolute Gasteiger partial charge is 0.0655 e. The van der Waals surface area contributed by atoms with E-state index in [4.69, 9.17) is 4.74 Å². The van der Waals surface area contributed by atoms with Crippen LogP contribution in [0.25, 0.3) is 0 Å². The van der Waals surface area contributed by atoms with Gasteiger partial charge in [-0.15, -0.1) is 0 Å². The lowest BCUT2D eigenvalue weighted by Crippen LogP contribution is -2.60. The molecule has 1 fully saturated rings. The van der Waals surface area contributed by atoms with Crippen LogP contribution in [-0.2, 0) is 4.74 Å². The summed E-state index contributed by atoms with van der Waals surface area (Å²) in [6.45, 7) is 15.6. The van der Waals surface area contributed by atoms with Crippen LogP contribution in [0.5, 0.6) is 0 Å². The van der Waals surface area contributed by atoms with E-state index in [1.165, 1.54) is 6.42 Å². The van der Waals surface area contributed by atoms with Gasteiger partial charge < -0.3 is 10.1 Å². The molecule has 2 unspecified atom stereocenters. The van der Waals surface area contributed by atoms with E-state index in [9.17, 15) is 0 Å². The fourth-order valence-electron chi connectivity index (χ4n) is 2.27. The molecule has 0 radical (unpaired) electrons. The summed E-state index contributed by atoms with van der Waals surface area (Å²) in [5, 5.41) is 3.53. The summed E-state index contributed by atoms with van der Waals surface area (Å²) in [6.07, 6.45) is 2.76. The lowest BCUT2D eigenvalue weighted by atomic mass is 9.64. The highest BCUT2D eigenvalue weighted by Gasteiger charge is 2.48. The molecule has 16 heavy (non-hydrogen) atoms. The lowest BCUT2D eigenvalue weighted by molar-refractivity contribution is -0.121. The molecule has 2 heteroatoms. The molecule has 0 aromatic carbocycles. The molecule has 0 aliphatic heterocycles. The zero-order valence-electron chi connectivity index (χ0n) is 11.9. The van der Waals surface area contributed by atoms with Crippen LogP contribution < -0.4 is 5.32 Å². The van der Waals surface area contributed by atoms with Gasteiger partial charge in [0.15, 0.2) is 0 Å². The minimum absolute atomic E-state index is 0.299. The van der Waals surface area contributed by atoms with E-state index in [0.717, 1.165) is 19.6 Å². The van der Waals surface area contributed by atoms with Gasteiger partial charge >= 0.3 is 0 Å². The highest BCUT2D eigenvalue weighted by Crippen LogP contribution is 2.42. The largest absolute Gasteiger partial charge is 0.378 e. The van der Waals surface area contributed by atoms with Crippen LogP contribution in [0.4, 0.5) is 0 Å². The van der Waals surface area contributed by atoms with Gasteiger partial charge in [-0.1, -0.05) is 41.5 Å². The van der Waals surface area contributed by atoms with Crippen molar-refractivity contribution in [1.82, 2.24) is 5.32 Å². The summed E-state index contributed by atoms with van der Waals surface area (Å²) in [4.78, 5) is 0. The Morgan fingerprint density at radius 2 is 1.94 bits per heavy atom. The van der Waals surface area contributed by atoms with Crippen molar-refractivity contribution in [2.24, 2.45) is 10.8 Å². The van der Waals surface area contributed by atoms with Crippen LogP contribution in [-0.4, -0.2) is 25.3 Å². The molecule has 1 aliphatic carbocycles. The maximum absolute atomic E-state index is 6.01. The van der Waals surface area contributed by atoms with Crippen molar-refractivity contribution >= 4 is 0 Å². The Balaban J connectivity index is 2.26. The predicted octanol–water partition coefficient (Wildman–Crippen LogP) is 3.22. The van der Waals surface area contributed by atoms with E-state index >= 15 is 0 Å². The van der Waals surface area contributed by atoms with E-state index in [0.29, 0.717) is 23.0 Å². The van der Waals surface area contributed by atoms with Crippen molar-refractivity contribution < 1.29 is 4.74 Å². The van der Waals surface area contributed by atoms with Crippen LogP contribution >= 0.6 is 0 Å². The molecule has 0 bridgehead atoms. The van der Waals surface area contributed by atoms with Gasteiger partial charge in [0, 0.05) is 18.1 Å². The number of rotatable bonds is 5. The van der Waals surface area contributed by atoms with Crippen molar-refractivity contribution in [3.63, 3.8) is 0 Å². The second kappa shape index (κ2) is 5.05. The van der Waals surface area contributed by atoms with Gasteiger partial charge in [-0.2, -0.15) is 0 Å². The third-order valence-electron chi connectivity index (χ3n) is 3.80. The second-order valence-electron chi connectivity index (χ2n) is 6.84. The van der Waals surface area contributed by atoms with E-state index in [-0.39, 0.29) is 0 Å². The first-order valence-electron chi connectivity index (χ1n) is 6.62. The van der Waals surface area contributed by atoms with Crippen molar-refractivity contribution in [2.75, 3.05) is 13.2 Å². The summed E-state index contributed by atoms with van der Waals surface area (Å²) in [6, 6.07) is 0.636. The van der Waals surface area contributed by atoms with Crippen LogP contribution in [0, 0.1) is 10.8 Å². The minimum atomic E-state index is 0.299. The summed E-state index contributed by atoms with van der Waals surface area (Å²) in [7, 11) is 0. The molecule has 1 rings (SSSR count). The summed E-state index contributed by atoms with van der Waals surface area (Å²) in [5.41, 5.74) is 0.683.